The SMILES string of the molecule is COCc1cccc(C(=O)OCC(=O)Nc2cccnc2Cl)c1. The third-order valence-corrected chi connectivity index (χ3v) is 3.14. The smallest absolute Gasteiger partial charge is 0.338 e. The molecule has 7 heteroatoms. The zero-order valence-electron chi connectivity index (χ0n) is 12.4. The Morgan fingerprint density at radius 2 is 2.09 bits per heavy atom. The third kappa shape index (κ3) is 5.05. The van der Waals surface area contributed by atoms with E-state index < -0.39 is 18.5 Å². The van der Waals surface area contributed by atoms with Crippen LogP contribution in [0.5, 0.6) is 0 Å². The normalized spacial score (nSPS) is 10.2. The topological polar surface area (TPSA) is 77.5 Å². The van der Waals surface area contributed by atoms with Crippen LogP contribution in [0.25, 0.3) is 0 Å². The molecule has 0 bridgehead atoms. The number of benzene rings is 1. The van der Waals surface area contributed by atoms with Gasteiger partial charge in [-0.1, -0.05) is 23.7 Å². The standard InChI is InChI=1S/C16H15ClN2O4/c1-22-9-11-4-2-5-12(8-11)16(21)23-10-14(20)19-13-6-3-7-18-15(13)17/h2-8H,9-10H2,1H3,(H,19,20). The zero-order valence-corrected chi connectivity index (χ0v) is 13.2. The van der Waals surface area contributed by atoms with Gasteiger partial charge in [0.05, 0.1) is 17.9 Å². The second-order valence-corrected chi connectivity index (χ2v) is 4.96. The highest BCUT2D eigenvalue weighted by molar-refractivity contribution is 6.32. The van der Waals surface area contributed by atoms with Gasteiger partial charge in [-0.05, 0) is 29.8 Å². The molecule has 0 aliphatic rings. The number of carbonyl (C=O) groups excluding carboxylic acids is 2. The monoisotopic (exact) mass is 334 g/mol. The highest BCUT2D eigenvalue weighted by Crippen LogP contribution is 2.17. The van der Waals surface area contributed by atoms with Crippen molar-refractivity contribution in [3.05, 3.63) is 58.9 Å². The molecule has 0 saturated heterocycles. The Morgan fingerprint density at radius 1 is 1.26 bits per heavy atom. The first-order valence-electron chi connectivity index (χ1n) is 6.75. The first-order valence-corrected chi connectivity index (χ1v) is 7.13. The number of methoxy groups -OCH3 is 1. The van der Waals surface area contributed by atoms with E-state index in [1.54, 1.807) is 37.4 Å². The Morgan fingerprint density at radius 3 is 2.83 bits per heavy atom. The fraction of sp³-hybridized carbons (Fsp3) is 0.188. The van der Waals surface area contributed by atoms with Crippen LogP contribution in [-0.4, -0.2) is 30.6 Å². The fourth-order valence-electron chi connectivity index (χ4n) is 1.83. The van der Waals surface area contributed by atoms with Gasteiger partial charge >= 0.3 is 5.97 Å². The van der Waals surface area contributed by atoms with Gasteiger partial charge in [-0.3, -0.25) is 4.79 Å². The Bertz CT molecular complexity index is 706. The van der Waals surface area contributed by atoms with Crippen molar-refractivity contribution < 1.29 is 19.1 Å². The van der Waals surface area contributed by atoms with Gasteiger partial charge < -0.3 is 14.8 Å². The number of halogens is 1. The van der Waals surface area contributed by atoms with Crippen molar-refractivity contribution in [1.82, 2.24) is 4.98 Å². The lowest BCUT2D eigenvalue weighted by Crippen LogP contribution is -2.21. The van der Waals surface area contributed by atoms with Crippen molar-refractivity contribution in [1.29, 1.82) is 0 Å². The maximum Gasteiger partial charge on any atom is 0.338 e. The molecule has 23 heavy (non-hydrogen) atoms. The minimum atomic E-state index is -0.588. The van der Waals surface area contributed by atoms with E-state index in [9.17, 15) is 9.59 Å². The Labute approximate surface area is 138 Å². The number of nitrogens with one attached hydrogen (secondary N) is 1. The van der Waals surface area contributed by atoms with Gasteiger partial charge in [0, 0.05) is 13.3 Å². The maximum atomic E-state index is 11.9. The van der Waals surface area contributed by atoms with Crippen LogP contribution >= 0.6 is 11.6 Å². The van der Waals surface area contributed by atoms with Crippen LogP contribution in [0.1, 0.15) is 15.9 Å². The predicted octanol–water partition coefficient (Wildman–Crippen LogP) is 2.68. The number of hydrogen-bond donors (Lipinski definition) is 1. The second kappa shape index (κ2) is 8.26. The molecule has 0 unspecified atom stereocenters. The van der Waals surface area contributed by atoms with Gasteiger partial charge in [0.15, 0.2) is 11.8 Å². The largest absolute Gasteiger partial charge is 0.452 e. The number of anilines is 1. The maximum absolute atomic E-state index is 11.9. The molecule has 1 N–H and O–H groups in total. The summed E-state index contributed by atoms with van der Waals surface area (Å²) in [6, 6.07) is 10.1. The summed E-state index contributed by atoms with van der Waals surface area (Å²) in [7, 11) is 1.57. The summed E-state index contributed by atoms with van der Waals surface area (Å²) in [5.74, 6) is -1.09. The van der Waals surface area contributed by atoms with Crippen LogP contribution in [0.3, 0.4) is 0 Å². The van der Waals surface area contributed by atoms with Crippen LogP contribution < -0.4 is 5.32 Å². The van der Waals surface area contributed by atoms with Gasteiger partial charge in [-0.25, -0.2) is 9.78 Å². The number of carbonyl (C=O) groups is 2. The Balaban J connectivity index is 1.90. The molecule has 0 saturated carbocycles. The number of rotatable bonds is 6. The van der Waals surface area contributed by atoms with E-state index in [-0.39, 0.29) is 5.15 Å². The number of ether oxygens (including phenoxy) is 2. The van der Waals surface area contributed by atoms with Crippen molar-refractivity contribution in [3.8, 4) is 0 Å². The summed E-state index contributed by atoms with van der Waals surface area (Å²) in [6.07, 6.45) is 1.50. The molecule has 1 heterocycles. The van der Waals surface area contributed by atoms with Crippen molar-refractivity contribution in [2.24, 2.45) is 0 Å². The first kappa shape index (κ1) is 16.9. The number of aromatic nitrogens is 1. The summed E-state index contributed by atoms with van der Waals surface area (Å²) < 4.78 is 9.98. The Hall–Kier alpha value is -2.44. The quantitative estimate of drug-likeness (QED) is 0.649. The number of amides is 1. The first-order chi connectivity index (χ1) is 11.1. The summed E-state index contributed by atoms with van der Waals surface area (Å²) in [6.45, 7) is -0.0281. The molecular formula is C16H15ClN2O4. The molecule has 1 aromatic heterocycles. The van der Waals surface area contributed by atoms with Gasteiger partial charge in [0.2, 0.25) is 0 Å². The second-order valence-electron chi connectivity index (χ2n) is 4.60. The molecule has 0 radical (unpaired) electrons. The van der Waals surface area contributed by atoms with E-state index in [2.05, 4.69) is 10.3 Å². The molecule has 0 aliphatic heterocycles. The van der Waals surface area contributed by atoms with Crippen molar-refractivity contribution in [3.63, 3.8) is 0 Å². The minimum Gasteiger partial charge on any atom is -0.452 e. The summed E-state index contributed by atoms with van der Waals surface area (Å²) in [5.41, 5.74) is 1.55. The molecule has 0 fully saturated rings. The van der Waals surface area contributed by atoms with Crippen molar-refractivity contribution in [2.75, 3.05) is 19.0 Å². The number of nitrogens with zero attached hydrogens (tertiary/aromatic N) is 1. The van der Waals surface area contributed by atoms with Gasteiger partial charge in [-0.2, -0.15) is 0 Å². The molecular weight excluding hydrogens is 320 g/mol. The molecule has 1 amide bonds. The lowest BCUT2D eigenvalue weighted by atomic mass is 10.1. The van der Waals surface area contributed by atoms with Gasteiger partial charge in [0.1, 0.15) is 0 Å². The van der Waals surface area contributed by atoms with Crippen molar-refractivity contribution in [2.45, 2.75) is 6.61 Å². The predicted molar refractivity (Wildman–Crippen MR) is 85.3 cm³/mol. The lowest BCUT2D eigenvalue weighted by molar-refractivity contribution is -0.119. The van der Waals surface area contributed by atoms with E-state index in [1.165, 1.54) is 6.20 Å². The average molecular weight is 335 g/mol. The molecule has 2 rings (SSSR count). The van der Waals surface area contributed by atoms with Crippen LogP contribution in [0.2, 0.25) is 5.15 Å². The highest BCUT2D eigenvalue weighted by atomic mass is 35.5. The van der Waals surface area contributed by atoms with E-state index >= 15 is 0 Å². The number of pyridine rings is 1. The van der Waals surface area contributed by atoms with Crippen LogP contribution in [0.4, 0.5) is 5.69 Å². The summed E-state index contributed by atoms with van der Waals surface area (Å²) in [4.78, 5) is 27.6. The lowest BCUT2D eigenvalue weighted by Gasteiger charge is -2.08. The molecule has 0 spiro atoms. The molecule has 1 aromatic carbocycles. The van der Waals surface area contributed by atoms with E-state index in [0.29, 0.717) is 17.9 Å². The van der Waals surface area contributed by atoms with E-state index in [0.717, 1.165) is 5.56 Å². The highest BCUT2D eigenvalue weighted by Gasteiger charge is 2.12. The Kier molecular flexibility index (Phi) is 6.08. The molecule has 6 nitrogen and oxygen atoms in total. The van der Waals surface area contributed by atoms with Crippen LogP contribution in [-0.2, 0) is 20.9 Å². The summed E-state index contributed by atoms with van der Waals surface area (Å²) >= 11 is 5.83. The van der Waals surface area contributed by atoms with Gasteiger partial charge in [-0.15, -0.1) is 0 Å². The average Bonchev–Trinajstić information content (AvgIpc) is 2.55. The van der Waals surface area contributed by atoms with Gasteiger partial charge in [0.25, 0.3) is 5.91 Å². The number of hydrogen-bond acceptors (Lipinski definition) is 5. The van der Waals surface area contributed by atoms with Crippen LogP contribution in [0, 0.1) is 0 Å². The fourth-order valence-corrected chi connectivity index (χ4v) is 2.00. The zero-order chi connectivity index (χ0) is 16.7. The van der Waals surface area contributed by atoms with Crippen LogP contribution in [0.15, 0.2) is 42.6 Å². The summed E-state index contributed by atoms with van der Waals surface area (Å²) in [5, 5.41) is 2.68. The molecule has 120 valence electrons. The number of esters is 1. The third-order valence-electron chi connectivity index (χ3n) is 2.84. The van der Waals surface area contributed by atoms with E-state index in [1.807, 2.05) is 6.07 Å². The molecule has 0 atom stereocenters. The minimum absolute atomic E-state index is 0.166. The van der Waals surface area contributed by atoms with Crippen molar-refractivity contribution >= 4 is 29.2 Å². The molecule has 0 aliphatic carbocycles. The molecule has 2 aromatic rings. The van der Waals surface area contributed by atoms with E-state index in [4.69, 9.17) is 21.1 Å².